The summed E-state index contributed by atoms with van der Waals surface area (Å²) < 4.78 is 5.26. The van der Waals surface area contributed by atoms with E-state index in [9.17, 15) is 9.59 Å². The van der Waals surface area contributed by atoms with Gasteiger partial charge in [0.25, 0.3) is 0 Å². The van der Waals surface area contributed by atoms with Gasteiger partial charge in [-0.15, -0.1) is 0 Å². The van der Waals surface area contributed by atoms with Gasteiger partial charge in [-0.05, 0) is 77.6 Å². The lowest BCUT2D eigenvalue weighted by Crippen LogP contribution is -2.49. The number of amides is 2. The quantitative estimate of drug-likeness (QED) is 0.357. The Kier molecular flexibility index (Phi) is 7.82. The van der Waals surface area contributed by atoms with E-state index in [4.69, 9.17) is 4.74 Å². The van der Waals surface area contributed by atoms with E-state index in [0.29, 0.717) is 6.42 Å². The van der Waals surface area contributed by atoms with Crippen LogP contribution in [-0.4, -0.2) is 37.0 Å². The molecule has 0 saturated heterocycles. The molecule has 1 aromatic heterocycles. The highest BCUT2D eigenvalue weighted by Gasteiger charge is 2.26. The molecule has 2 heterocycles. The van der Waals surface area contributed by atoms with Crippen molar-refractivity contribution in [1.82, 2.24) is 10.3 Å². The first-order valence-electron chi connectivity index (χ1n) is 13.5. The summed E-state index contributed by atoms with van der Waals surface area (Å²) in [4.78, 5) is 32.4. The second-order valence-electron chi connectivity index (χ2n) is 10.2. The summed E-state index contributed by atoms with van der Waals surface area (Å²) in [6.07, 6.45) is 7.61. The molecular formula is C33H35N3O3. The lowest BCUT2D eigenvalue weighted by molar-refractivity contribution is -0.127. The van der Waals surface area contributed by atoms with Gasteiger partial charge in [0.05, 0.1) is 13.5 Å². The molecule has 0 aliphatic carbocycles. The summed E-state index contributed by atoms with van der Waals surface area (Å²) in [5.74, 6) is 0.372. The first-order chi connectivity index (χ1) is 18.9. The molecule has 4 aromatic rings. The number of hydrogen-bond acceptors (Lipinski definition) is 3. The summed E-state index contributed by atoms with van der Waals surface area (Å²) >= 11 is 0. The Bertz CT molecular complexity index is 1520. The number of ether oxygens (including phenoxy) is 1. The van der Waals surface area contributed by atoms with E-state index in [1.165, 1.54) is 5.56 Å². The van der Waals surface area contributed by atoms with Gasteiger partial charge in [-0.3, -0.25) is 9.59 Å². The number of aromatic nitrogens is 1. The van der Waals surface area contributed by atoms with Crippen molar-refractivity contribution in [3.05, 3.63) is 101 Å². The topological polar surface area (TPSA) is 74.4 Å². The number of H-pyrrole nitrogens is 1. The molecule has 2 bridgehead atoms. The maximum Gasteiger partial charge on any atom is 0.249 e. The molecule has 0 radical (unpaired) electrons. The summed E-state index contributed by atoms with van der Waals surface area (Å²) in [5.41, 5.74) is 7.06. The molecule has 6 heteroatoms. The summed E-state index contributed by atoms with van der Waals surface area (Å²) in [7, 11) is 3.35. The number of aryl methyl sites for hydroxylation is 1. The molecule has 0 unspecified atom stereocenters. The number of carbonyl (C=O) groups excluding carboxylic acids is 2. The Hall–Kier alpha value is -4.32. The Morgan fingerprint density at radius 1 is 1.05 bits per heavy atom. The molecule has 3 aromatic carbocycles. The number of anilines is 1. The standard InChI is InChI=1S/C33H35N3O3/c1-4-7-22-12-17-30-27(19-22)28-21-32(37)35-31(33(38)36(2)25-13-15-26(39-3)16-14-25)20-24-10-5-8-23(18-24)9-6-11-29(28)34-30/h5-6,8,10-19,31,34H,4,7,9,20-21H2,1-3H3,(H,35,37)/b11-6-/t31-/m0/s1. The average Bonchev–Trinajstić information content (AvgIpc) is 3.28. The summed E-state index contributed by atoms with van der Waals surface area (Å²) in [5, 5.41) is 4.14. The first-order valence-corrected chi connectivity index (χ1v) is 13.5. The molecule has 2 N–H and O–H groups in total. The molecule has 0 spiro atoms. The summed E-state index contributed by atoms with van der Waals surface area (Å²) in [6.45, 7) is 2.17. The Morgan fingerprint density at radius 2 is 1.85 bits per heavy atom. The van der Waals surface area contributed by atoms with E-state index in [2.05, 4.69) is 59.7 Å². The molecule has 6 nitrogen and oxygen atoms in total. The van der Waals surface area contributed by atoms with Gasteiger partial charge in [-0.25, -0.2) is 0 Å². The van der Waals surface area contributed by atoms with E-state index in [0.717, 1.165) is 64.0 Å². The van der Waals surface area contributed by atoms with Gasteiger partial charge >= 0.3 is 0 Å². The van der Waals surface area contributed by atoms with Crippen molar-refractivity contribution in [2.75, 3.05) is 19.1 Å². The van der Waals surface area contributed by atoms with Crippen molar-refractivity contribution in [2.45, 2.75) is 45.1 Å². The van der Waals surface area contributed by atoms with Gasteiger partial charge in [-0.1, -0.05) is 49.8 Å². The van der Waals surface area contributed by atoms with Crippen LogP contribution in [0.4, 0.5) is 5.69 Å². The van der Waals surface area contributed by atoms with Crippen molar-refractivity contribution in [3.63, 3.8) is 0 Å². The number of nitrogens with one attached hydrogen (secondary N) is 2. The van der Waals surface area contributed by atoms with Crippen molar-refractivity contribution in [1.29, 1.82) is 0 Å². The van der Waals surface area contributed by atoms with Crippen LogP contribution in [0.2, 0.25) is 0 Å². The van der Waals surface area contributed by atoms with Crippen LogP contribution < -0.4 is 15.0 Å². The SMILES string of the molecule is CCCc1ccc2[nH]c3c(c2c1)CC(=O)N[C@H](C(=O)N(C)c1ccc(OC)cc1)Cc1cccc(c1)C/C=C\3. The first kappa shape index (κ1) is 26.3. The minimum atomic E-state index is -0.710. The number of carbonyl (C=O) groups is 2. The van der Waals surface area contributed by atoms with Crippen LogP contribution in [0, 0.1) is 0 Å². The minimum Gasteiger partial charge on any atom is -0.497 e. The number of allylic oxidation sites excluding steroid dienone is 1. The number of rotatable bonds is 5. The highest BCUT2D eigenvalue weighted by Crippen LogP contribution is 2.27. The Morgan fingerprint density at radius 3 is 2.62 bits per heavy atom. The minimum absolute atomic E-state index is 0.170. The second-order valence-corrected chi connectivity index (χ2v) is 10.2. The van der Waals surface area contributed by atoms with Crippen LogP contribution in [0.5, 0.6) is 5.75 Å². The van der Waals surface area contributed by atoms with Gasteiger partial charge in [-0.2, -0.15) is 0 Å². The normalized spacial score (nSPS) is 16.3. The van der Waals surface area contributed by atoms with Crippen molar-refractivity contribution in [3.8, 4) is 5.75 Å². The number of hydrogen-bond donors (Lipinski definition) is 2. The Balaban J connectivity index is 1.51. The highest BCUT2D eigenvalue weighted by atomic mass is 16.5. The third-order valence-electron chi connectivity index (χ3n) is 7.37. The van der Waals surface area contributed by atoms with E-state index in [1.807, 2.05) is 36.4 Å². The molecule has 1 atom stereocenters. The molecule has 0 fully saturated rings. The number of nitrogens with zero attached hydrogens (tertiary/aromatic N) is 1. The van der Waals surface area contributed by atoms with Crippen LogP contribution in [0.1, 0.15) is 41.3 Å². The van der Waals surface area contributed by atoms with Gasteiger partial charge in [0.15, 0.2) is 0 Å². The summed E-state index contributed by atoms with van der Waals surface area (Å²) in [6, 6.07) is 21.3. The lowest BCUT2D eigenvalue weighted by Gasteiger charge is -2.25. The fraction of sp³-hybridized carbons (Fsp3) is 0.273. The monoisotopic (exact) mass is 521 g/mol. The lowest BCUT2D eigenvalue weighted by atomic mass is 10.0. The fourth-order valence-electron chi connectivity index (χ4n) is 5.30. The molecule has 1 aliphatic rings. The number of likely N-dealkylation sites (N-methyl/N-ethyl adjacent to an activating group) is 1. The van der Waals surface area contributed by atoms with Gasteiger partial charge in [0, 0.05) is 35.8 Å². The van der Waals surface area contributed by atoms with Crippen molar-refractivity contribution in [2.24, 2.45) is 0 Å². The van der Waals surface area contributed by atoms with Crippen LogP contribution in [0.15, 0.2) is 72.8 Å². The second kappa shape index (κ2) is 11.6. The van der Waals surface area contributed by atoms with Crippen LogP contribution in [0.25, 0.3) is 17.0 Å². The zero-order valence-corrected chi connectivity index (χ0v) is 22.8. The van der Waals surface area contributed by atoms with Gasteiger partial charge < -0.3 is 19.9 Å². The molecule has 5 rings (SSSR count). The molecule has 200 valence electrons. The fourth-order valence-corrected chi connectivity index (χ4v) is 5.30. The molecule has 2 amide bonds. The van der Waals surface area contributed by atoms with E-state index in [1.54, 1.807) is 19.1 Å². The largest absolute Gasteiger partial charge is 0.497 e. The van der Waals surface area contributed by atoms with Crippen LogP contribution in [0.3, 0.4) is 0 Å². The number of aromatic amines is 1. The van der Waals surface area contributed by atoms with Crippen LogP contribution >= 0.6 is 0 Å². The zero-order valence-electron chi connectivity index (χ0n) is 22.8. The van der Waals surface area contributed by atoms with E-state index in [-0.39, 0.29) is 18.2 Å². The van der Waals surface area contributed by atoms with E-state index < -0.39 is 6.04 Å². The molecule has 1 aliphatic heterocycles. The maximum atomic E-state index is 13.8. The highest BCUT2D eigenvalue weighted by molar-refractivity contribution is 6.00. The predicted octanol–water partition coefficient (Wildman–Crippen LogP) is 5.63. The number of benzene rings is 3. The smallest absolute Gasteiger partial charge is 0.249 e. The Labute approximate surface area is 229 Å². The van der Waals surface area contributed by atoms with Crippen molar-refractivity contribution >= 4 is 34.5 Å². The van der Waals surface area contributed by atoms with E-state index >= 15 is 0 Å². The zero-order chi connectivity index (χ0) is 27.4. The van der Waals surface area contributed by atoms with Gasteiger partial charge in [0.1, 0.15) is 11.8 Å². The van der Waals surface area contributed by atoms with Crippen molar-refractivity contribution < 1.29 is 14.3 Å². The third kappa shape index (κ3) is 5.90. The molecule has 0 saturated carbocycles. The van der Waals surface area contributed by atoms with Crippen LogP contribution in [-0.2, 0) is 35.3 Å². The average molecular weight is 522 g/mol. The third-order valence-corrected chi connectivity index (χ3v) is 7.37. The maximum absolute atomic E-state index is 13.8. The van der Waals surface area contributed by atoms with Gasteiger partial charge in [0.2, 0.25) is 11.8 Å². The number of methoxy groups -OCH3 is 1. The molecular weight excluding hydrogens is 486 g/mol. The number of fused-ring (bicyclic) bond motifs is 5. The molecule has 39 heavy (non-hydrogen) atoms. The predicted molar refractivity (Wildman–Crippen MR) is 157 cm³/mol.